The smallest absolute Gasteiger partial charge is 0.164 e. The number of aromatic nitrogens is 3. The fourth-order valence-electron chi connectivity index (χ4n) is 5.36. The van der Waals surface area contributed by atoms with Crippen LogP contribution in [0.3, 0.4) is 0 Å². The van der Waals surface area contributed by atoms with Gasteiger partial charge in [-0.05, 0) is 75.8 Å². The Labute approximate surface area is 267 Å². The first-order chi connectivity index (χ1) is 22.7. The van der Waals surface area contributed by atoms with Crippen molar-refractivity contribution in [2.45, 2.75) is 0 Å². The van der Waals surface area contributed by atoms with Gasteiger partial charge in [0.25, 0.3) is 0 Å². The van der Waals surface area contributed by atoms with E-state index in [0.29, 0.717) is 28.6 Å². The molecule has 0 atom stereocenters. The molecule has 0 aliphatic rings. The fourth-order valence-corrected chi connectivity index (χ4v) is 5.36. The van der Waals surface area contributed by atoms with Crippen molar-refractivity contribution in [3.05, 3.63) is 163 Å². The third-order valence-electron chi connectivity index (χ3n) is 7.80. The lowest BCUT2D eigenvalue weighted by atomic mass is 9.94. The molecular formula is C41H25N5. The maximum Gasteiger partial charge on any atom is 0.164 e. The minimum atomic E-state index is 0.568. The van der Waals surface area contributed by atoms with Gasteiger partial charge in [-0.15, -0.1) is 0 Å². The van der Waals surface area contributed by atoms with E-state index in [1.807, 2.05) is 109 Å². The number of rotatable bonds is 6. The highest BCUT2D eigenvalue weighted by molar-refractivity contribution is 5.81. The molecule has 46 heavy (non-hydrogen) atoms. The predicted octanol–water partition coefficient (Wildman–Crippen LogP) is 9.62. The van der Waals surface area contributed by atoms with Crippen LogP contribution in [0.4, 0.5) is 0 Å². The average Bonchev–Trinajstić information content (AvgIpc) is 3.15. The zero-order valence-electron chi connectivity index (χ0n) is 24.7. The number of benzene rings is 6. The number of hydrogen-bond donors (Lipinski definition) is 0. The van der Waals surface area contributed by atoms with Crippen LogP contribution < -0.4 is 0 Å². The SMILES string of the molecule is N#Cc1ccc(-c2ccc(-c3cc(-c4ccc(C#N)cc4)cc(-c4nc(-c5ccccc5)nc(-c5ccccc5)n4)c3)cc2)cc1. The molecule has 5 heteroatoms. The van der Waals surface area contributed by atoms with Crippen molar-refractivity contribution in [2.24, 2.45) is 0 Å². The number of nitriles is 2. The molecule has 0 fully saturated rings. The van der Waals surface area contributed by atoms with Crippen LogP contribution in [-0.2, 0) is 0 Å². The fraction of sp³-hybridized carbons (Fsp3) is 0. The average molecular weight is 588 g/mol. The largest absolute Gasteiger partial charge is 0.208 e. The monoisotopic (exact) mass is 587 g/mol. The lowest BCUT2D eigenvalue weighted by molar-refractivity contribution is 1.07. The van der Waals surface area contributed by atoms with Gasteiger partial charge in [0.1, 0.15) is 0 Å². The molecule has 1 aromatic heterocycles. The highest BCUT2D eigenvalue weighted by atomic mass is 15.0. The topological polar surface area (TPSA) is 86.2 Å². The molecule has 5 nitrogen and oxygen atoms in total. The van der Waals surface area contributed by atoms with Crippen LogP contribution in [0.5, 0.6) is 0 Å². The Morgan fingerprint density at radius 2 is 0.609 bits per heavy atom. The van der Waals surface area contributed by atoms with E-state index in [9.17, 15) is 5.26 Å². The Morgan fingerprint density at radius 1 is 0.304 bits per heavy atom. The van der Waals surface area contributed by atoms with Crippen molar-refractivity contribution >= 4 is 0 Å². The van der Waals surface area contributed by atoms with Gasteiger partial charge in [-0.2, -0.15) is 10.5 Å². The minimum Gasteiger partial charge on any atom is -0.208 e. The summed E-state index contributed by atoms with van der Waals surface area (Å²) in [6, 6.07) is 54.2. The van der Waals surface area contributed by atoms with E-state index in [0.717, 1.165) is 50.1 Å². The Hall–Kier alpha value is -6.69. The third kappa shape index (κ3) is 5.90. The van der Waals surface area contributed by atoms with Crippen molar-refractivity contribution in [1.82, 2.24) is 15.0 Å². The second-order valence-electron chi connectivity index (χ2n) is 10.8. The molecule has 0 aliphatic heterocycles. The van der Waals surface area contributed by atoms with Crippen LogP contribution in [0.15, 0.2) is 152 Å². The van der Waals surface area contributed by atoms with E-state index < -0.39 is 0 Å². The van der Waals surface area contributed by atoms with Crippen LogP contribution in [0.2, 0.25) is 0 Å². The lowest BCUT2D eigenvalue weighted by Gasteiger charge is -2.13. The minimum absolute atomic E-state index is 0.568. The van der Waals surface area contributed by atoms with Gasteiger partial charge >= 0.3 is 0 Å². The zero-order valence-corrected chi connectivity index (χ0v) is 24.7. The first kappa shape index (κ1) is 28.1. The summed E-state index contributed by atoms with van der Waals surface area (Å²) < 4.78 is 0. The summed E-state index contributed by atoms with van der Waals surface area (Å²) in [6.07, 6.45) is 0. The molecule has 0 amide bonds. The molecule has 0 aliphatic carbocycles. The van der Waals surface area contributed by atoms with Gasteiger partial charge in [0, 0.05) is 16.7 Å². The van der Waals surface area contributed by atoms with Crippen LogP contribution in [0, 0.1) is 22.7 Å². The van der Waals surface area contributed by atoms with E-state index in [4.69, 9.17) is 20.2 Å². The molecule has 7 aromatic rings. The van der Waals surface area contributed by atoms with Crippen molar-refractivity contribution in [3.8, 4) is 79.7 Å². The quantitative estimate of drug-likeness (QED) is 0.193. The lowest BCUT2D eigenvalue weighted by Crippen LogP contribution is -2.00. The molecule has 0 N–H and O–H groups in total. The molecular weight excluding hydrogens is 562 g/mol. The summed E-state index contributed by atoms with van der Waals surface area (Å²) in [5, 5.41) is 18.5. The maximum atomic E-state index is 9.37. The first-order valence-corrected chi connectivity index (χ1v) is 14.8. The molecule has 6 aromatic carbocycles. The van der Waals surface area contributed by atoms with Crippen molar-refractivity contribution in [1.29, 1.82) is 10.5 Å². The number of hydrogen-bond acceptors (Lipinski definition) is 5. The number of nitrogens with zero attached hydrogens (tertiary/aromatic N) is 5. The normalized spacial score (nSPS) is 10.6. The second-order valence-corrected chi connectivity index (χ2v) is 10.8. The molecule has 214 valence electrons. The maximum absolute atomic E-state index is 9.37. The Balaban J connectivity index is 1.38. The van der Waals surface area contributed by atoms with Gasteiger partial charge in [0.05, 0.1) is 23.3 Å². The summed E-state index contributed by atoms with van der Waals surface area (Å²) >= 11 is 0. The van der Waals surface area contributed by atoms with Crippen molar-refractivity contribution in [3.63, 3.8) is 0 Å². The van der Waals surface area contributed by atoms with E-state index in [2.05, 4.69) is 54.6 Å². The van der Waals surface area contributed by atoms with E-state index in [-0.39, 0.29) is 0 Å². The summed E-state index contributed by atoms with van der Waals surface area (Å²) in [6.45, 7) is 0. The molecule has 7 rings (SSSR count). The molecule has 0 unspecified atom stereocenters. The highest BCUT2D eigenvalue weighted by Gasteiger charge is 2.15. The third-order valence-corrected chi connectivity index (χ3v) is 7.80. The standard InChI is InChI=1S/C41H25N5/c42-26-28-11-15-30(16-12-28)31-19-21-33(22-20-31)37-23-36(32-17-13-29(27-43)14-18-32)24-38(25-37)41-45-39(34-7-3-1-4-8-34)44-40(46-41)35-9-5-2-6-10-35/h1-25H. The highest BCUT2D eigenvalue weighted by Crippen LogP contribution is 2.34. The Bertz CT molecular complexity index is 2170. The molecule has 0 saturated heterocycles. The van der Waals surface area contributed by atoms with Crippen LogP contribution in [-0.4, -0.2) is 15.0 Å². The molecule has 0 spiro atoms. The summed E-state index contributed by atoms with van der Waals surface area (Å²) in [5.74, 6) is 1.77. The van der Waals surface area contributed by atoms with Crippen LogP contribution in [0.25, 0.3) is 67.5 Å². The second kappa shape index (κ2) is 12.5. The summed E-state index contributed by atoms with van der Waals surface area (Å²) in [7, 11) is 0. The summed E-state index contributed by atoms with van der Waals surface area (Å²) in [4.78, 5) is 14.8. The predicted molar refractivity (Wildman–Crippen MR) is 182 cm³/mol. The van der Waals surface area contributed by atoms with Gasteiger partial charge in [-0.1, -0.05) is 109 Å². The molecule has 0 bridgehead atoms. The van der Waals surface area contributed by atoms with Gasteiger partial charge < -0.3 is 0 Å². The van der Waals surface area contributed by atoms with E-state index in [1.54, 1.807) is 0 Å². The van der Waals surface area contributed by atoms with Crippen LogP contribution >= 0.6 is 0 Å². The van der Waals surface area contributed by atoms with Crippen LogP contribution in [0.1, 0.15) is 11.1 Å². The van der Waals surface area contributed by atoms with Gasteiger partial charge in [0.2, 0.25) is 0 Å². The van der Waals surface area contributed by atoms with Gasteiger partial charge in [0.15, 0.2) is 17.5 Å². The zero-order chi connectivity index (χ0) is 31.3. The van der Waals surface area contributed by atoms with E-state index in [1.165, 1.54) is 0 Å². The molecule has 1 heterocycles. The molecule has 0 saturated carbocycles. The Morgan fingerprint density at radius 3 is 0.978 bits per heavy atom. The Kier molecular flexibility index (Phi) is 7.64. The molecule has 0 radical (unpaired) electrons. The van der Waals surface area contributed by atoms with Crippen molar-refractivity contribution < 1.29 is 0 Å². The van der Waals surface area contributed by atoms with E-state index >= 15 is 0 Å². The van der Waals surface area contributed by atoms with Gasteiger partial charge in [-0.25, -0.2) is 15.0 Å². The van der Waals surface area contributed by atoms with Crippen molar-refractivity contribution in [2.75, 3.05) is 0 Å². The first-order valence-electron chi connectivity index (χ1n) is 14.8. The summed E-state index contributed by atoms with van der Waals surface area (Å²) in [5.41, 5.74) is 10.0. The van der Waals surface area contributed by atoms with Gasteiger partial charge in [-0.3, -0.25) is 0 Å².